The average Bonchev–Trinajstić information content (AvgIpc) is 2.67. The van der Waals surface area contributed by atoms with Gasteiger partial charge in [-0.2, -0.15) is 0 Å². The Labute approximate surface area is 160 Å². The van der Waals surface area contributed by atoms with Crippen LogP contribution in [-0.4, -0.2) is 19.1 Å². The maximum absolute atomic E-state index is 13.1. The van der Waals surface area contributed by atoms with Crippen molar-refractivity contribution in [1.82, 2.24) is 5.32 Å². The second-order valence-corrected chi connectivity index (χ2v) is 6.41. The molecule has 2 rings (SSSR count). The molecule has 0 aliphatic carbocycles. The van der Waals surface area contributed by atoms with E-state index in [2.05, 4.69) is 12.2 Å². The zero-order chi connectivity index (χ0) is 19.6. The Hall–Kier alpha value is -2.40. The van der Waals surface area contributed by atoms with Crippen molar-refractivity contribution in [3.8, 4) is 5.75 Å². The molecule has 146 valence electrons. The molecule has 0 bridgehead atoms. The molecule has 1 N–H and O–H groups in total. The smallest absolute Gasteiger partial charge is 0.251 e. The molecule has 2 aromatic rings. The molecule has 0 spiro atoms. The van der Waals surface area contributed by atoms with Crippen LogP contribution in [0.1, 0.15) is 61.1 Å². The second-order valence-electron chi connectivity index (χ2n) is 6.41. The number of carbonyl (C=O) groups is 1. The summed E-state index contributed by atoms with van der Waals surface area (Å²) in [5.74, 6) is 0.248. The van der Waals surface area contributed by atoms with E-state index in [1.807, 2.05) is 19.9 Å². The predicted molar refractivity (Wildman–Crippen MR) is 104 cm³/mol. The van der Waals surface area contributed by atoms with Crippen molar-refractivity contribution in [3.63, 3.8) is 0 Å². The average molecular weight is 373 g/mol. The van der Waals surface area contributed by atoms with Crippen LogP contribution in [0.4, 0.5) is 4.39 Å². The molecule has 0 saturated heterocycles. The fourth-order valence-electron chi connectivity index (χ4n) is 2.67. The third kappa shape index (κ3) is 6.36. The third-order valence-corrected chi connectivity index (χ3v) is 4.24. The highest BCUT2D eigenvalue weighted by atomic mass is 19.1. The van der Waals surface area contributed by atoms with Crippen LogP contribution in [0.2, 0.25) is 0 Å². The summed E-state index contributed by atoms with van der Waals surface area (Å²) in [7, 11) is 0. The minimum atomic E-state index is -0.295. The number of benzene rings is 2. The Balaban J connectivity index is 2.08. The van der Waals surface area contributed by atoms with Gasteiger partial charge in [-0.15, -0.1) is 0 Å². The van der Waals surface area contributed by atoms with Crippen LogP contribution in [0.25, 0.3) is 0 Å². The van der Waals surface area contributed by atoms with Gasteiger partial charge in [-0.05, 0) is 56.2 Å². The van der Waals surface area contributed by atoms with E-state index in [9.17, 15) is 9.18 Å². The summed E-state index contributed by atoms with van der Waals surface area (Å²) in [6.07, 6.45) is 2.07. The van der Waals surface area contributed by atoms with Gasteiger partial charge in [0.2, 0.25) is 0 Å². The van der Waals surface area contributed by atoms with E-state index in [1.54, 1.807) is 24.3 Å². The number of rotatable bonds is 10. The maximum atomic E-state index is 13.1. The summed E-state index contributed by atoms with van der Waals surface area (Å²) >= 11 is 0. The molecule has 0 radical (unpaired) electrons. The van der Waals surface area contributed by atoms with Gasteiger partial charge in [0.1, 0.15) is 11.6 Å². The number of hydrogen-bond donors (Lipinski definition) is 1. The van der Waals surface area contributed by atoms with Gasteiger partial charge in [-0.3, -0.25) is 4.79 Å². The van der Waals surface area contributed by atoms with Gasteiger partial charge in [-0.1, -0.05) is 25.5 Å². The van der Waals surface area contributed by atoms with Crippen LogP contribution in [0, 0.1) is 5.82 Å². The first-order chi connectivity index (χ1) is 13.0. The molecule has 0 aliphatic rings. The lowest BCUT2D eigenvalue weighted by Gasteiger charge is -2.16. The molecule has 0 aromatic heterocycles. The number of hydrogen-bond acceptors (Lipinski definition) is 3. The molecule has 1 atom stereocenters. The first-order valence-corrected chi connectivity index (χ1v) is 9.45. The van der Waals surface area contributed by atoms with Crippen molar-refractivity contribution in [3.05, 3.63) is 65.0 Å². The standard InChI is InChI=1S/C22H28FNO3/c1-4-6-13-26-15-19-14-18(9-12-21(19)27-5-2)22(25)24-16(3)17-7-10-20(23)11-8-17/h7-12,14,16H,4-6,13,15H2,1-3H3,(H,24,25)/t16-/m1/s1. The Morgan fingerprint density at radius 3 is 2.56 bits per heavy atom. The lowest BCUT2D eigenvalue weighted by atomic mass is 10.1. The van der Waals surface area contributed by atoms with Crippen molar-refractivity contribution in [2.45, 2.75) is 46.3 Å². The van der Waals surface area contributed by atoms with E-state index in [1.165, 1.54) is 12.1 Å². The van der Waals surface area contributed by atoms with Gasteiger partial charge < -0.3 is 14.8 Å². The normalized spacial score (nSPS) is 11.9. The molecule has 0 heterocycles. The molecule has 2 aromatic carbocycles. The van der Waals surface area contributed by atoms with Gasteiger partial charge >= 0.3 is 0 Å². The molecule has 0 saturated carbocycles. The van der Waals surface area contributed by atoms with Crippen molar-refractivity contribution in [1.29, 1.82) is 0 Å². The molecule has 0 aliphatic heterocycles. The zero-order valence-electron chi connectivity index (χ0n) is 16.3. The minimum absolute atomic E-state index is 0.190. The topological polar surface area (TPSA) is 47.6 Å². The van der Waals surface area contributed by atoms with Crippen LogP contribution in [-0.2, 0) is 11.3 Å². The SMILES string of the molecule is CCCCOCc1cc(C(=O)N[C@H](C)c2ccc(F)cc2)ccc1OCC. The molecule has 5 heteroatoms. The van der Waals surface area contributed by atoms with E-state index in [0.29, 0.717) is 25.4 Å². The summed E-state index contributed by atoms with van der Waals surface area (Å²) in [4.78, 5) is 12.6. The summed E-state index contributed by atoms with van der Waals surface area (Å²) in [5.41, 5.74) is 2.25. The molecule has 27 heavy (non-hydrogen) atoms. The Bertz CT molecular complexity index is 731. The number of amides is 1. The lowest BCUT2D eigenvalue weighted by Crippen LogP contribution is -2.26. The highest BCUT2D eigenvalue weighted by Gasteiger charge is 2.14. The summed E-state index contributed by atoms with van der Waals surface area (Å²) < 4.78 is 24.4. The molecule has 1 amide bonds. The van der Waals surface area contributed by atoms with Crippen LogP contribution < -0.4 is 10.1 Å². The number of halogens is 1. The van der Waals surface area contributed by atoms with E-state index >= 15 is 0 Å². The Morgan fingerprint density at radius 1 is 1.15 bits per heavy atom. The van der Waals surface area contributed by atoms with Gasteiger partial charge in [0, 0.05) is 17.7 Å². The number of unbranched alkanes of at least 4 members (excludes halogenated alkanes) is 1. The predicted octanol–water partition coefficient (Wildman–Crippen LogP) is 5.03. The van der Waals surface area contributed by atoms with Crippen LogP contribution in [0.15, 0.2) is 42.5 Å². The van der Waals surface area contributed by atoms with Gasteiger partial charge in [0.15, 0.2) is 0 Å². The monoisotopic (exact) mass is 373 g/mol. The van der Waals surface area contributed by atoms with E-state index < -0.39 is 0 Å². The van der Waals surface area contributed by atoms with Crippen molar-refractivity contribution in [2.75, 3.05) is 13.2 Å². The van der Waals surface area contributed by atoms with Crippen LogP contribution >= 0.6 is 0 Å². The van der Waals surface area contributed by atoms with E-state index in [-0.39, 0.29) is 17.8 Å². The number of nitrogens with one attached hydrogen (secondary N) is 1. The van der Waals surface area contributed by atoms with E-state index in [4.69, 9.17) is 9.47 Å². The van der Waals surface area contributed by atoms with E-state index in [0.717, 1.165) is 29.7 Å². The lowest BCUT2D eigenvalue weighted by molar-refractivity contribution is 0.0938. The van der Waals surface area contributed by atoms with Gasteiger partial charge in [0.25, 0.3) is 5.91 Å². The molecular formula is C22H28FNO3. The highest BCUT2D eigenvalue weighted by molar-refractivity contribution is 5.94. The summed E-state index contributed by atoms with van der Waals surface area (Å²) in [5, 5.41) is 2.94. The number of carbonyl (C=O) groups excluding carboxylic acids is 1. The maximum Gasteiger partial charge on any atom is 0.251 e. The fraction of sp³-hybridized carbons (Fsp3) is 0.409. The minimum Gasteiger partial charge on any atom is -0.494 e. The quantitative estimate of drug-likeness (QED) is 0.594. The van der Waals surface area contributed by atoms with Gasteiger partial charge in [-0.25, -0.2) is 4.39 Å². The molecule has 0 unspecified atom stereocenters. The molecule has 4 nitrogen and oxygen atoms in total. The Kier molecular flexibility index (Phi) is 8.27. The fourth-order valence-corrected chi connectivity index (χ4v) is 2.67. The first-order valence-electron chi connectivity index (χ1n) is 9.45. The van der Waals surface area contributed by atoms with Gasteiger partial charge in [0.05, 0.1) is 19.3 Å². The molecule has 0 fully saturated rings. The van der Waals surface area contributed by atoms with Crippen molar-refractivity contribution < 1.29 is 18.7 Å². The third-order valence-electron chi connectivity index (χ3n) is 4.24. The Morgan fingerprint density at radius 2 is 1.89 bits per heavy atom. The van der Waals surface area contributed by atoms with Crippen molar-refractivity contribution >= 4 is 5.91 Å². The summed E-state index contributed by atoms with van der Waals surface area (Å²) in [6.45, 7) is 7.54. The second kappa shape index (κ2) is 10.7. The summed E-state index contributed by atoms with van der Waals surface area (Å²) in [6, 6.07) is 11.3. The largest absolute Gasteiger partial charge is 0.494 e. The number of ether oxygens (including phenoxy) is 2. The van der Waals surface area contributed by atoms with Crippen LogP contribution in [0.5, 0.6) is 5.75 Å². The first kappa shape index (κ1) is 20.9. The van der Waals surface area contributed by atoms with Crippen LogP contribution in [0.3, 0.4) is 0 Å². The molecular weight excluding hydrogens is 345 g/mol. The highest BCUT2D eigenvalue weighted by Crippen LogP contribution is 2.22. The zero-order valence-corrected chi connectivity index (χ0v) is 16.3. The van der Waals surface area contributed by atoms with Crippen molar-refractivity contribution in [2.24, 2.45) is 0 Å².